The van der Waals surface area contributed by atoms with Gasteiger partial charge < -0.3 is 10.8 Å². The minimum absolute atomic E-state index is 0.175. The van der Waals surface area contributed by atoms with Gasteiger partial charge in [-0.05, 0) is 12.0 Å². The van der Waals surface area contributed by atoms with E-state index in [2.05, 4.69) is 18.9 Å². The van der Waals surface area contributed by atoms with Gasteiger partial charge in [0.2, 0.25) is 5.91 Å². The number of primary amides is 1. The van der Waals surface area contributed by atoms with E-state index in [4.69, 9.17) is 5.73 Å². The molecule has 6 nitrogen and oxygen atoms in total. The molecule has 0 aliphatic rings. The zero-order valence-corrected chi connectivity index (χ0v) is 11.0. The van der Waals surface area contributed by atoms with E-state index in [0.29, 0.717) is 19.0 Å². The number of aliphatic hydroxyl groups is 1. The molecule has 1 unspecified atom stereocenters. The van der Waals surface area contributed by atoms with Gasteiger partial charge in [-0.1, -0.05) is 13.8 Å². The molecule has 0 saturated carbocycles. The zero-order chi connectivity index (χ0) is 13.5. The Bertz CT molecular complexity index is 351. The van der Waals surface area contributed by atoms with Crippen molar-refractivity contribution in [3.05, 3.63) is 18.5 Å². The summed E-state index contributed by atoms with van der Waals surface area (Å²) in [6, 6.07) is 1.81. The number of amides is 1. The van der Waals surface area contributed by atoms with Crippen LogP contribution in [0.4, 0.5) is 0 Å². The van der Waals surface area contributed by atoms with Gasteiger partial charge in [-0.15, -0.1) is 0 Å². The van der Waals surface area contributed by atoms with E-state index >= 15 is 0 Å². The number of rotatable bonds is 8. The highest BCUT2D eigenvalue weighted by molar-refractivity contribution is 5.75. The Balaban J connectivity index is 2.45. The molecule has 18 heavy (non-hydrogen) atoms. The van der Waals surface area contributed by atoms with Crippen molar-refractivity contribution in [1.29, 1.82) is 0 Å². The Kier molecular flexibility index (Phi) is 5.80. The number of hydrogen-bond donors (Lipinski definition) is 2. The number of carbonyl (C=O) groups excluding carboxylic acids is 1. The van der Waals surface area contributed by atoms with E-state index < -0.39 is 6.10 Å². The molecule has 0 aliphatic heterocycles. The van der Waals surface area contributed by atoms with Gasteiger partial charge in [0.25, 0.3) is 0 Å². The number of aliphatic hydroxyl groups excluding tert-OH is 1. The molecular formula is C12H22N4O2. The first-order chi connectivity index (χ1) is 8.47. The van der Waals surface area contributed by atoms with Crippen LogP contribution >= 0.6 is 0 Å². The maximum Gasteiger partial charge on any atom is 0.231 e. The van der Waals surface area contributed by atoms with Gasteiger partial charge in [-0.25, -0.2) is 0 Å². The molecule has 0 radical (unpaired) electrons. The molecule has 1 aromatic rings. The van der Waals surface area contributed by atoms with Gasteiger partial charge in [-0.2, -0.15) is 5.10 Å². The Morgan fingerprint density at radius 3 is 2.72 bits per heavy atom. The molecule has 3 N–H and O–H groups in total. The molecule has 0 saturated heterocycles. The molecule has 1 heterocycles. The van der Waals surface area contributed by atoms with E-state index in [1.54, 1.807) is 17.1 Å². The van der Waals surface area contributed by atoms with Gasteiger partial charge >= 0.3 is 0 Å². The number of nitrogens with two attached hydrogens (primary N) is 1. The molecule has 6 heteroatoms. The van der Waals surface area contributed by atoms with Crippen molar-refractivity contribution in [2.75, 3.05) is 19.6 Å². The summed E-state index contributed by atoms with van der Waals surface area (Å²) in [5.41, 5.74) is 5.20. The first-order valence-electron chi connectivity index (χ1n) is 6.13. The molecule has 0 spiro atoms. The number of aromatic nitrogens is 2. The first-order valence-corrected chi connectivity index (χ1v) is 6.13. The van der Waals surface area contributed by atoms with E-state index in [1.165, 1.54) is 0 Å². The second kappa shape index (κ2) is 7.13. The van der Waals surface area contributed by atoms with Crippen LogP contribution in [0.1, 0.15) is 13.8 Å². The van der Waals surface area contributed by atoms with Gasteiger partial charge in [0.1, 0.15) is 0 Å². The lowest BCUT2D eigenvalue weighted by Crippen LogP contribution is -2.41. The smallest absolute Gasteiger partial charge is 0.231 e. The van der Waals surface area contributed by atoms with Crippen molar-refractivity contribution in [3.63, 3.8) is 0 Å². The summed E-state index contributed by atoms with van der Waals surface area (Å²) in [5.74, 6) is 0.0446. The Morgan fingerprint density at radius 2 is 2.22 bits per heavy atom. The van der Waals surface area contributed by atoms with Gasteiger partial charge in [0, 0.05) is 25.5 Å². The number of hydrogen-bond acceptors (Lipinski definition) is 4. The lowest BCUT2D eigenvalue weighted by Gasteiger charge is -2.25. The van der Waals surface area contributed by atoms with Crippen molar-refractivity contribution >= 4 is 5.91 Å². The van der Waals surface area contributed by atoms with Crippen molar-refractivity contribution in [2.24, 2.45) is 11.7 Å². The third kappa shape index (κ3) is 5.79. The van der Waals surface area contributed by atoms with E-state index in [9.17, 15) is 9.90 Å². The Morgan fingerprint density at radius 1 is 1.50 bits per heavy atom. The van der Waals surface area contributed by atoms with Gasteiger partial charge in [0.15, 0.2) is 0 Å². The quantitative estimate of drug-likeness (QED) is 0.666. The summed E-state index contributed by atoms with van der Waals surface area (Å²) < 4.78 is 1.67. The molecule has 0 aromatic carbocycles. The lowest BCUT2D eigenvalue weighted by atomic mass is 10.2. The molecule has 1 rings (SSSR count). The highest BCUT2D eigenvalue weighted by Crippen LogP contribution is 2.01. The highest BCUT2D eigenvalue weighted by Gasteiger charge is 2.15. The van der Waals surface area contributed by atoms with Crippen LogP contribution in [0, 0.1) is 5.92 Å². The van der Waals surface area contributed by atoms with Crippen molar-refractivity contribution < 1.29 is 9.90 Å². The van der Waals surface area contributed by atoms with Crippen molar-refractivity contribution in [3.8, 4) is 0 Å². The lowest BCUT2D eigenvalue weighted by molar-refractivity contribution is -0.119. The van der Waals surface area contributed by atoms with Gasteiger partial charge in [0.05, 0.1) is 19.2 Å². The first kappa shape index (κ1) is 14.7. The van der Waals surface area contributed by atoms with E-state index in [0.717, 1.165) is 6.54 Å². The maximum atomic E-state index is 11.0. The minimum atomic E-state index is -0.567. The predicted octanol–water partition coefficient (Wildman–Crippen LogP) is -0.313. The second-order valence-corrected chi connectivity index (χ2v) is 4.94. The third-order valence-corrected chi connectivity index (χ3v) is 2.43. The summed E-state index contributed by atoms with van der Waals surface area (Å²) in [6.07, 6.45) is 2.90. The van der Waals surface area contributed by atoms with Crippen LogP contribution < -0.4 is 5.73 Å². The Labute approximate surface area is 107 Å². The fraction of sp³-hybridized carbons (Fsp3) is 0.667. The molecule has 0 bridgehead atoms. The topological polar surface area (TPSA) is 84.4 Å². The molecule has 0 fully saturated rings. The number of carbonyl (C=O) groups is 1. The summed E-state index contributed by atoms with van der Waals surface area (Å²) in [6.45, 7) is 5.87. The molecule has 1 amide bonds. The monoisotopic (exact) mass is 254 g/mol. The SMILES string of the molecule is CC(C)CN(CC(N)=O)CC(O)Cn1cccn1. The minimum Gasteiger partial charge on any atom is -0.390 e. The number of nitrogens with zero attached hydrogens (tertiary/aromatic N) is 3. The summed E-state index contributed by atoms with van der Waals surface area (Å²) >= 11 is 0. The summed E-state index contributed by atoms with van der Waals surface area (Å²) in [5, 5.41) is 14.0. The normalized spacial score (nSPS) is 13.2. The molecule has 1 atom stereocenters. The fourth-order valence-corrected chi connectivity index (χ4v) is 1.92. The second-order valence-electron chi connectivity index (χ2n) is 4.94. The Hall–Kier alpha value is -1.40. The van der Waals surface area contributed by atoms with Gasteiger partial charge in [-0.3, -0.25) is 14.4 Å². The average molecular weight is 254 g/mol. The molecule has 0 aliphatic carbocycles. The molecular weight excluding hydrogens is 232 g/mol. The van der Waals surface area contributed by atoms with Crippen molar-refractivity contribution in [1.82, 2.24) is 14.7 Å². The van der Waals surface area contributed by atoms with Crippen LogP contribution in [0.25, 0.3) is 0 Å². The zero-order valence-electron chi connectivity index (χ0n) is 11.0. The molecule has 1 aromatic heterocycles. The van der Waals surface area contributed by atoms with Crippen LogP contribution in [0.2, 0.25) is 0 Å². The third-order valence-electron chi connectivity index (χ3n) is 2.43. The van der Waals surface area contributed by atoms with Crippen LogP contribution in [0.5, 0.6) is 0 Å². The summed E-state index contributed by atoms with van der Waals surface area (Å²) in [7, 11) is 0. The highest BCUT2D eigenvalue weighted by atomic mass is 16.3. The fourth-order valence-electron chi connectivity index (χ4n) is 1.92. The largest absolute Gasteiger partial charge is 0.390 e. The summed E-state index contributed by atoms with van der Waals surface area (Å²) in [4.78, 5) is 12.8. The standard InChI is InChI=1S/C12H22N4O2/c1-10(2)6-15(9-12(13)18)7-11(17)8-16-5-3-4-14-16/h3-5,10-11,17H,6-9H2,1-2H3,(H2,13,18). The van der Waals surface area contributed by atoms with E-state index in [-0.39, 0.29) is 12.5 Å². The van der Waals surface area contributed by atoms with Crippen LogP contribution in [0.3, 0.4) is 0 Å². The van der Waals surface area contributed by atoms with Crippen molar-refractivity contribution in [2.45, 2.75) is 26.5 Å². The van der Waals surface area contributed by atoms with Crippen LogP contribution in [-0.2, 0) is 11.3 Å². The average Bonchev–Trinajstić information content (AvgIpc) is 2.67. The molecule has 102 valence electrons. The van der Waals surface area contributed by atoms with Crippen LogP contribution in [0.15, 0.2) is 18.5 Å². The van der Waals surface area contributed by atoms with Crippen LogP contribution in [-0.4, -0.2) is 51.4 Å². The maximum absolute atomic E-state index is 11.0. The predicted molar refractivity (Wildman–Crippen MR) is 68.7 cm³/mol. The van der Waals surface area contributed by atoms with E-state index in [1.807, 2.05) is 11.0 Å².